The summed E-state index contributed by atoms with van der Waals surface area (Å²) in [6, 6.07) is 15.8. The van der Waals surface area contributed by atoms with Crippen molar-refractivity contribution in [2.75, 3.05) is 13.2 Å². The minimum atomic E-state index is -0.501. The minimum Gasteiger partial charge on any atom is -0.293 e. The molecular weight excluding hydrogens is 348 g/mol. The first-order valence-corrected chi connectivity index (χ1v) is 8.96. The minimum absolute atomic E-state index is 0.335. The molecule has 144 valence electrons. The van der Waals surface area contributed by atoms with E-state index in [-0.39, 0.29) is 0 Å². The summed E-state index contributed by atoms with van der Waals surface area (Å²) in [5.41, 5.74) is 1.99. The van der Waals surface area contributed by atoms with Crippen LogP contribution in [0.2, 0.25) is 0 Å². The average molecular weight is 372 g/mol. The van der Waals surface area contributed by atoms with Crippen molar-refractivity contribution < 1.29 is 29.1 Å². The van der Waals surface area contributed by atoms with Gasteiger partial charge < -0.3 is 0 Å². The molecule has 0 bridgehead atoms. The molecule has 0 unspecified atom stereocenters. The standard InChI is InChI=1S/C21H24O6/c1-17-11-13-19(14-12-17)21(23)27-25-16-8-3-2-7-15-24-26-20(22)18-9-5-4-6-10-18/h4-6,9-14H,2-3,7-8,15-16H2,1H3. The molecule has 0 spiro atoms. The van der Waals surface area contributed by atoms with Gasteiger partial charge in [-0.15, -0.1) is 0 Å². The van der Waals surface area contributed by atoms with Gasteiger partial charge in [0, 0.05) is 0 Å². The fourth-order valence-electron chi connectivity index (χ4n) is 2.23. The van der Waals surface area contributed by atoms with Crippen LogP contribution in [0.15, 0.2) is 54.6 Å². The van der Waals surface area contributed by atoms with E-state index in [1.165, 1.54) is 0 Å². The first kappa shape index (κ1) is 20.6. The van der Waals surface area contributed by atoms with Crippen LogP contribution in [0.5, 0.6) is 0 Å². The van der Waals surface area contributed by atoms with Crippen molar-refractivity contribution in [3.05, 3.63) is 71.3 Å². The van der Waals surface area contributed by atoms with E-state index in [2.05, 4.69) is 0 Å². The van der Waals surface area contributed by atoms with E-state index in [1.807, 2.05) is 25.1 Å². The van der Waals surface area contributed by atoms with Crippen LogP contribution in [0.1, 0.15) is 52.0 Å². The van der Waals surface area contributed by atoms with Crippen LogP contribution in [-0.4, -0.2) is 25.2 Å². The van der Waals surface area contributed by atoms with E-state index >= 15 is 0 Å². The SMILES string of the molecule is Cc1ccc(C(=O)OOCCCCCCOOC(=O)c2ccccc2)cc1. The van der Waals surface area contributed by atoms with Gasteiger partial charge in [-0.3, -0.25) is 9.78 Å². The second kappa shape index (κ2) is 11.8. The van der Waals surface area contributed by atoms with Crippen molar-refractivity contribution in [3.63, 3.8) is 0 Å². The lowest BCUT2D eigenvalue weighted by molar-refractivity contribution is -0.243. The highest BCUT2D eigenvalue weighted by atomic mass is 17.2. The molecule has 6 nitrogen and oxygen atoms in total. The third-order valence-electron chi connectivity index (χ3n) is 3.77. The fourth-order valence-corrected chi connectivity index (χ4v) is 2.23. The Morgan fingerprint density at radius 1 is 0.667 bits per heavy atom. The number of hydrogen-bond donors (Lipinski definition) is 0. The molecule has 2 aromatic carbocycles. The lowest BCUT2D eigenvalue weighted by atomic mass is 10.2. The van der Waals surface area contributed by atoms with Gasteiger partial charge in [-0.25, -0.2) is 9.59 Å². The summed E-state index contributed by atoms with van der Waals surface area (Å²) >= 11 is 0. The highest BCUT2D eigenvalue weighted by Gasteiger charge is 2.08. The summed E-state index contributed by atoms with van der Waals surface area (Å²) in [6.45, 7) is 2.62. The normalized spacial score (nSPS) is 10.4. The maximum absolute atomic E-state index is 11.7. The van der Waals surface area contributed by atoms with E-state index in [0.717, 1.165) is 31.2 Å². The average Bonchev–Trinajstić information content (AvgIpc) is 2.70. The maximum Gasteiger partial charge on any atom is 0.373 e. The number of unbranched alkanes of at least 4 members (excludes halogenated alkanes) is 3. The Morgan fingerprint density at radius 2 is 1.15 bits per heavy atom. The molecule has 0 N–H and O–H groups in total. The van der Waals surface area contributed by atoms with Gasteiger partial charge in [-0.1, -0.05) is 48.7 Å². The van der Waals surface area contributed by atoms with Crippen LogP contribution >= 0.6 is 0 Å². The number of hydrogen-bond acceptors (Lipinski definition) is 6. The van der Waals surface area contributed by atoms with Crippen LogP contribution < -0.4 is 0 Å². The molecule has 0 amide bonds. The molecule has 0 saturated carbocycles. The predicted molar refractivity (Wildman–Crippen MR) is 98.8 cm³/mol. The van der Waals surface area contributed by atoms with E-state index in [4.69, 9.17) is 19.6 Å². The Labute approximate surface area is 158 Å². The number of rotatable bonds is 11. The molecule has 27 heavy (non-hydrogen) atoms. The number of carbonyl (C=O) groups is 2. The number of carbonyl (C=O) groups excluding carboxylic acids is 2. The molecule has 0 heterocycles. The Morgan fingerprint density at radius 3 is 1.67 bits per heavy atom. The van der Waals surface area contributed by atoms with Gasteiger partial charge in [0.2, 0.25) is 0 Å². The molecule has 0 saturated heterocycles. The Bertz CT molecular complexity index is 696. The largest absolute Gasteiger partial charge is 0.373 e. The third-order valence-corrected chi connectivity index (χ3v) is 3.77. The topological polar surface area (TPSA) is 71.1 Å². The van der Waals surface area contributed by atoms with Gasteiger partial charge in [-0.05, 0) is 44.0 Å². The smallest absolute Gasteiger partial charge is 0.293 e. The van der Waals surface area contributed by atoms with Crippen molar-refractivity contribution in [3.8, 4) is 0 Å². The van der Waals surface area contributed by atoms with Crippen LogP contribution in [0.3, 0.4) is 0 Å². The summed E-state index contributed by atoms with van der Waals surface area (Å²) in [6.07, 6.45) is 3.28. The van der Waals surface area contributed by atoms with E-state index < -0.39 is 11.9 Å². The molecule has 0 fully saturated rings. The first-order valence-electron chi connectivity index (χ1n) is 8.96. The highest BCUT2D eigenvalue weighted by Crippen LogP contribution is 2.07. The Kier molecular flexibility index (Phi) is 9.03. The second-order valence-electron chi connectivity index (χ2n) is 6.03. The summed E-state index contributed by atoms with van der Waals surface area (Å²) in [7, 11) is 0. The molecular formula is C21H24O6. The van der Waals surface area contributed by atoms with Crippen molar-refractivity contribution in [2.45, 2.75) is 32.6 Å². The quantitative estimate of drug-likeness (QED) is 0.330. The Hall–Kier alpha value is -2.70. The molecule has 6 heteroatoms. The zero-order chi connectivity index (χ0) is 19.3. The fraction of sp³-hybridized carbons (Fsp3) is 0.333. The lowest BCUT2D eigenvalue weighted by Gasteiger charge is -2.05. The zero-order valence-corrected chi connectivity index (χ0v) is 15.4. The van der Waals surface area contributed by atoms with E-state index in [1.54, 1.807) is 36.4 Å². The van der Waals surface area contributed by atoms with Crippen LogP contribution in [0.4, 0.5) is 0 Å². The Balaban J connectivity index is 1.43. The predicted octanol–water partition coefficient (Wildman–Crippen LogP) is 4.43. The molecule has 0 aromatic heterocycles. The van der Waals surface area contributed by atoms with E-state index in [0.29, 0.717) is 24.3 Å². The maximum atomic E-state index is 11.7. The van der Waals surface area contributed by atoms with Crippen LogP contribution in [0, 0.1) is 6.92 Å². The molecule has 0 aliphatic heterocycles. The van der Waals surface area contributed by atoms with Gasteiger partial charge in [0.1, 0.15) is 0 Å². The molecule has 0 atom stereocenters. The number of benzene rings is 2. The third kappa shape index (κ3) is 8.02. The van der Waals surface area contributed by atoms with Crippen molar-refractivity contribution in [2.24, 2.45) is 0 Å². The molecule has 0 radical (unpaired) electrons. The molecule has 0 aliphatic carbocycles. The molecule has 2 aromatic rings. The lowest BCUT2D eigenvalue weighted by Crippen LogP contribution is -2.07. The molecule has 0 aliphatic rings. The number of aryl methyl sites for hydroxylation is 1. The summed E-state index contributed by atoms with van der Waals surface area (Å²) in [5.74, 6) is -0.997. The van der Waals surface area contributed by atoms with Gasteiger partial charge in [0.25, 0.3) is 0 Å². The van der Waals surface area contributed by atoms with E-state index in [9.17, 15) is 9.59 Å². The summed E-state index contributed by atoms with van der Waals surface area (Å²) in [5, 5.41) is 0. The van der Waals surface area contributed by atoms with Gasteiger partial charge in [-0.2, -0.15) is 9.78 Å². The monoisotopic (exact) mass is 372 g/mol. The van der Waals surface area contributed by atoms with Crippen molar-refractivity contribution in [1.29, 1.82) is 0 Å². The van der Waals surface area contributed by atoms with Gasteiger partial charge >= 0.3 is 11.9 Å². The van der Waals surface area contributed by atoms with Gasteiger partial charge in [0.15, 0.2) is 0 Å². The second-order valence-corrected chi connectivity index (χ2v) is 6.03. The molecule has 2 rings (SSSR count). The summed E-state index contributed by atoms with van der Waals surface area (Å²) in [4.78, 5) is 42.7. The van der Waals surface area contributed by atoms with Gasteiger partial charge in [0.05, 0.1) is 24.3 Å². The summed E-state index contributed by atoms with van der Waals surface area (Å²) < 4.78 is 0. The first-order chi connectivity index (χ1) is 13.2. The zero-order valence-electron chi connectivity index (χ0n) is 15.4. The van der Waals surface area contributed by atoms with Crippen LogP contribution in [-0.2, 0) is 19.6 Å². The van der Waals surface area contributed by atoms with Crippen molar-refractivity contribution >= 4 is 11.9 Å². The highest BCUT2D eigenvalue weighted by molar-refractivity contribution is 5.89. The van der Waals surface area contributed by atoms with Crippen LogP contribution in [0.25, 0.3) is 0 Å². The van der Waals surface area contributed by atoms with Crippen molar-refractivity contribution in [1.82, 2.24) is 0 Å².